The van der Waals surface area contributed by atoms with Gasteiger partial charge in [0.15, 0.2) is 5.96 Å². The zero-order valence-corrected chi connectivity index (χ0v) is 19.1. The molecule has 3 rings (SSSR count). The Morgan fingerprint density at radius 1 is 1.19 bits per heavy atom. The molecule has 2 N–H and O–H groups in total. The third-order valence-corrected chi connectivity index (χ3v) is 5.51. The first kappa shape index (κ1) is 22.1. The van der Waals surface area contributed by atoms with E-state index in [0.29, 0.717) is 12.0 Å². The molecular formula is C21H35IN4O. The third kappa shape index (κ3) is 6.43. The average Bonchev–Trinajstić information content (AvgIpc) is 3.16. The summed E-state index contributed by atoms with van der Waals surface area (Å²) in [4.78, 5) is 7.33. The third-order valence-electron chi connectivity index (χ3n) is 5.51. The number of hydrogen-bond acceptors (Lipinski definition) is 3. The number of para-hydroxylation sites is 2. The topological polar surface area (TPSA) is 48.9 Å². The Kier molecular flexibility index (Phi) is 9.51. The standard InChI is InChI=1S/C21H34N4O.HI/c1-3-22-21(24-18-9-5-4-6-10-18)23-15-17-13-14-25(16-17)19-11-7-8-12-20(19)26-2;/h7-8,11-12,17-18H,3-6,9-10,13-16H2,1-2H3,(H2,22,23,24);1H. The zero-order valence-electron chi connectivity index (χ0n) is 16.7. The van der Waals surface area contributed by atoms with Gasteiger partial charge in [0.05, 0.1) is 12.8 Å². The fourth-order valence-electron chi connectivity index (χ4n) is 4.07. The molecule has 1 aromatic carbocycles. The molecule has 152 valence electrons. The summed E-state index contributed by atoms with van der Waals surface area (Å²) in [5.41, 5.74) is 1.20. The monoisotopic (exact) mass is 486 g/mol. The van der Waals surface area contributed by atoms with Crippen LogP contribution < -0.4 is 20.3 Å². The van der Waals surface area contributed by atoms with E-state index in [9.17, 15) is 0 Å². The van der Waals surface area contributed by atoms with Crippen LogP contribution in [0.15, 0.2) is 29.3 Å². The molecule has 2 fully saturated rings. The van der Waals surface area contributed by atoms with Gasteiger partial charge in [-0.2, -0.15) is 0 Å². The van der Waals surface area contributed by atoms with Crippen LogP contribution in [0.3, 0.4) is 0 Å². The number of nitrogens with zero attached hydrogens (tertiary/aromatic N) is 2. The van der Waals surface area contributed by atoms with Gasteiger partial charge in [-0.1, -0.05) is 31.4 Å². The highest BCUT2D eigenvalue weighted by Crippen LogP contribution is 2.32. The molecule has 1 atom stereocenters. The molecule has 1 aromatic rings. The summed E-state index contributed by atoms with van der Waals surface area (Å²) in [6, 6.07) is 8.90. The molecular weight excluding hydrogens is 451 g/mol. The zero-order chi connectivity index (χ0) is 18.2. The number of rotatable bonds is 6. The summed E-state index contributed by atoms with van der Waals surface area (Å²) in [5.74, 6) is 2.56. The predicted octanol–water partition coefficient (Wildman–Crippen LogP) is 4.03. The number of methoxy groups -OCH3 is 1. The summed E-state index contributed by atoms with van der Waals surface area (Å²) >= 11 is 0. The van der Waals surface area contributed by atoms with Gasteiger partial charge >= 0.3 is 0 Å². The van der Waals surface area contributed by atoms with Gasteiger partial charge in [-0.15, -0.1) is 24.0 Å². The number of ether oxygens (including phenoxy) is 1. The fourth-order valence-corrected chi connectivity index (χ4v) is 4.07. The summed E-state index contributed by atoms with van der Waals surface area (Å²) in [5, 5.41) is 7.07. The van der Waals surface area contributed by atoms with E-state index in [1.807, 2.05) is 12.1 Å². The maximum Gasteiger partial charge on any atom is 0.191 e. The summed E-state index contributed by atoms with van der Waals surface area (Å²) in [7, 11) is 1.75. The minimum absolute atomic E-state index is 0. The molecule has 1 saturated carbocycles. The smallest absolute Gasteiger partial charge is 0.191 e. The van der Waals surface area contributed by atoms with Gasteiger partial charge in [-0.05, 0) is 44.2 Å². The van der Waals surface area contributed by atoms with E-state index >= 15 is 0 Å². The van der Waals surface area contributed by atoms with Crippen LogP contribution in [0, 0.1) is 5.92 Å². The van der Waals surface area contributed by atoms with Crippen molar-refractivity contribution in [1.82, 2.24) is 10.6 Å². The van der Waals surface area contributed by atoms with E-state index in [-0.39, 0.29) is 24.0 Å². The molecule has 1 heterocycles. The molecule has 6 heteroatoms. The largest absolute Gasteiger partial charge is 0.495 e. The molecule has 0 spiro atoms. The molecule has 0 bridgehead atoms. The van der Waals surface area contributed by atoms with E-state index in [1.165, 1.54) is 44.2 Å². The first-order chi connectivity index (χ1) is 12.8. The van der Waals surface area contributed by atoms with Gasteiger partial charge in [0.2, 0.25) is 0 Å². The van der Waals surface area contributed by atoms with Crippen molar-refractivity contribution in [3.05, 3.63) is 24.3 Å². The Labute approximate surface area is 181 Å². The molecule has 1 aliphatic heterocycles. The van der Waals surface area contributed by atoms with Crippen molar-refractivity contribution >= 4 is 35.6 Å². The van der Waals surface area contributed by atoms with Gasteiger partial charge in [-0.25, -0.2) is 0 Å². The van der Waals surface area contributed by atoms with E-state index in [1.54, 1.807) is 7.11 Å². The lowest BCUT2D eigenvalue weighted by atomic mass is 9.96. The maximum atomic E-state index is 5.52. The molecule has 27 heavy (non-hydrogen) atoms. The number of guanidine groups is 1. The molecule has 5 nitrogen and oxygen atoms in total. The molecule has 2 aliphatic rings. The first-order valence-electron chi connectivity index (χ1n) is 10.2. The summed E-state index contributed by atoms with van der Waals surface area (Å²) in [6.07, 6.45) is 7.79. The lowest BCUT2D eigenvalue weighted by Crippen LogP contribution is -2.44. The number of anilines is 1. The first-order valence-corrected chi connectivity index (χ1v) is 10.2. The van der Waals surface area contributed by atoms with Gasteiger partial charge in [0.25, 0.3) is 0 Å². The van der Waals surface area contributed by atoms with Gasteiger partial charge in [0, 0.05) is 32.2 Å². The van der Waals surface area contributed by atoms with Crippen LogP contribution in [0.1, 0.15) is 45.4 Å². The maximum absolute atomic E-state index is 5.52. The number of aliphatic imine (C=N–C) groups is 1. The minimum atomic E-state index is 0. The van der Waals surface area contributed by atoms with Crippen molar-refractivity contribution in [2.45, 2.75) is 51.5 Å². The molecule has 0 aromatic heterocycles. The van der Waals surface area contributed by atoms with Gasteiger partial charge in [0.1, 0.15) is 5.75 Å². The number of benzene rings is 1. The van der Waals surface area contributed by atoms with Crippen molar-refractivity contribution in [2.75, 3.05) is 38.2 Å². The molecule has 1 aliphatic carbocycles. The molecule has 1 unspecified atom stereocenters. The Hall–Kier alpha value is -1.18. The summed E-state index contributed by atoms with van der Waals surface area (Å²) < 4.78 is 5.52. The van der Waals surface area contributed by atoms with Crippen LogP contribution in [0.4, 0.5) is 5.69 Å². The van der Waals surface area contributed by atoms with Crippen molar-refractivity contribution < 1.29 is 4.74 Å². The van der Waals surface area contributed by atoms with Crippen LogP contribution in [-0.2, 0) is 0 Å². The van der Waals surface area contributed by atoms with Gasteiger partial charge in [-0.3, -0.25) is 4.99 Å². The predicted molar refractivity (Wildman–Crippen MR) is 125 cm³/mol. The minimum Gasteiger partial charge on any atom is -0.495 e. The van der Waals surface area contributed by atoms with Crippen molar-refractivity contribution in [3.8, 4) is 5.75 Å². The van der Waals surface area contributed by atoms with E-state index < -0.39 is 0 Å². The Bertz CT molecular complexity index is 589. The van der Waals surface area contributed by atoms with Crippen molar-refractivity contribution in [2.24, 2.45) is 10.9 Å². The second-order valence-corrected chi connectivity index (χ2v) is 7.47. The quantitative estimate of drug-likeness (QED) is 0.362. The Morgan fingerprint density at radius 3 is 2.70 bits per heavy atom. The second-order valence-electron chi connectivity index (χ2n) is 7.47. The van der Waals surface area contributed by atoms with Crippen LogP contribution in [0.25, 0.3) is 0 Å². The van der Waals surface area contributed by atoms with Crippen molar-refractivity contribution in [1.29, 1.82) is 0 Å². The van der Waals surface area contributed by atoms with Gasteiger partial charge < -0.3 is 20.3 Å². The van der Waals surface area contributed by atoms with E-state index in [2.05, 4.69) is 34.6 Å². The number of hydrogen-bond donors (Lipinski definition) is 2. The highest BCUT2D eigenvalue weighted by Gasteiger charge is 2.24. The van der Waals surface area contributed by atoms with Crippen LogP contribution in [-0.4, -0.2) is 45.3 Å². The Balaban J connectivity index is 0.00000261. The lowest BCUT2D eigenvalue weighted by Gasteiger charge is -2.25. The van der Waals surface area contributed by atoms with Crippen LogP contribution in [0.5, 0.6) is 5.75 Å². The lowest BCUT2D eigenvalue weighted by molar-refractivity contribution is 0.409. The number of nitrogens with one attached hydrogen (secondary N) is 2. The molecule has 0 amide bonds. The van der Waals surface area contributed by atoms with Crippen LogP contribution in [0.2, 0.25) is 0 Å². The second kappa shape index (κ2) is 11.6. The highest BCUT2D eigenvalue weighted by atomic mass is 127. The normalized spacial score (nSPS) is 20.9. The van der Waals surface area contributed by atoms with E-state index in [4.69, 9.17) is 9.73 Å². The number of halogens is 1. The van der Waals surface area contributed by atoms with E-state index in [0.717, 1.165) is 37.9 Å². The highest BCUT2D eigenvalue weighted by molar-refractivity contribution is 14.0. The Morgan fingerprint density at radius 2 is 1.96 bits per heavy atom. The average molecular weight is 486 g/mol. The molecule has 0 radical (unpaired) electrons. The van der Waals surface area contributed by atoms with Crippen LogP contribution >= 0.6 is 24.0 Å². The summed E-state index contributed by atoms with van der Waals surface area (Å²) in [6.45, 7) is 6.06. The van der Waals surface area contributed by atoms with Crippen molar-refractivity contribution in [3.63, 3.8) is 0 Å². The fraction of sp³-hybridized carbons (Fsp3) is 0.667. The molecule has 1 saturated heterocycles. The SMILES string of the molecule is CCNC(=NCC1CCN(c2ccccc2OC)C1)NC1CCCCC1.I.